The number of rotatable bonds is 8. The maximum absolute atomic E-state index is 5.83. The summed E-state index contributed by atoms with van der Waals surface area (Å²) in [4.78, 5) is 2.38. The molecule has 0 aromatic heterocycles. The molecule has 5 heteroatoms. The molecule has 0 bridgehead atoms. The molecule has 1 atom stereocenters. The van der Waals surface area contributed by atoms with Crippen LogP contribution in [0.5, 0.6) is 5.75 Å². The molecule has 1 aromatic carbocycles. The third kappa shape index (κ3) is 5.77. The number of nitrogens with zero attached hydrogens (tertiary/aromatic N) is 1. The van der Waals surface area contributed by atoms with E-state index in [0.717, 1.165) is 64.9 Å². The van der Waals surface area contributed by atoms with Crippen molar-refractivity contribution in [3.05, 3.63) is 29.8 Å². The van der Waals surface area contributed by atoms with E-state index in [4.69, 9.17) is 14.2 Å². The van der Waals surface area contributed by atoms with E-state index in [1.165, 1.54) is 18.4 Å². The van der Waals surface area contributed by atoms with Gasteiger partial charge in [-0.05, 0) is 30.5 Å². The van der Waals surface area contributed by atoms with Gasteiger partial charge in [-0.1, -0.05) is 12.1 Å². The third-order valence-corrected chi connectivity index (χ3v) is 4.43. The van der Waals surface area contributed by atoms with E-state index in [0.29, 0.717) is 6.10 Å². The van der Waals surface area contributed by atoms with Gasteiger partial charge in [-0.15, -0.1) is 0 Å². The molecular formula is C18H28N2O3. The third-order valence-electron chi connectivity index (χ3n) is 4.43. The van der Waals surface area contributed by atoms with Gasteiger partial charge in [0.2, 0.25) is 0 Å². The summed E-state index contributed by atoms with van der Waals surface area (Å²) < 4.78 is 16.8. The van der Waals surface area contributed by atoms with Crippen molar-refractivity contribution in [2.45, 2.75) is 25.5 Å². The summed E-state index contributed by atoms with van der Waals surface area (Å²) in [5.74, 6) is 0.945. The Labute approximate surface area is 138 Å². The molecule has 23 heavy (non-hydrogen) atoms. The fourth-order valence-electron chi connectivity index (χ4n) is 3.00. The first-order chi connectivity index (χ1) is 11.4. The summed E-state index contributed by atoms with van der Waals surface area (Å²) in [5, 5.41) is 3.46. The van der Waals surface area contributed by atoms with E-state index in [-0.39, 0.29) is 0 Å². The molecule has 0 spiro atoms. The van der Waals surface area contributed by atoms with Crippen LogP contribution in [0.15, 0.2) is 24.3 Å². The average Bonchev–Trinajstić information content (AvgIpc) is 3.11. The van der Waals surface area contributed by atoms with Gasteiger partial charge in [-0.25, -0.2) is 0 Å². The van der Waals surface area contributed by atoms with E-state index in [9.17, 15) is 0 Å². The fraction of sp³-hybridized carbons (Fsp3) is 0.667. The molecule has 0 saturated carbocycles. The molecule has 1 N–H and O–H groups in total. The zero-order valence-corrected chi connectivity index (χ0v) is 13.8. The van der Waals surface area contributed by atoms with Crippen molar-refractivity contribution in [1.29, 1.82) is 0 Å². The maximum Gasteiger partial charge on any atom is 0.119 e. The SMILES string of the molecule is c1cc(OCCN2CCOCC2)ccc1CNC[C@H]1CCCO1. The smallest absolute Gasteiger partial charge is 0.119 e. The highest BCUT2D eigenvalue weighted by molar-refractivity contribution is 5.27. The molecule has 0 radical (unpaired) electrons. The summed E-state index contributed by atoms with van der Waals surface area (Å²) in [6.45, 7) is 8.15. The summed E-state index contributed by atoms with van der Waals surface area (Å²) in [5.41, 5.74) is 1.28. The lowest BCUT2D eigenvalue weighted by Crippen LogP contribution is -2.38. The molecular weight excluding hydrogens is 292 g/mol. The van der Waals surface area contributed by atoms with Gasteiger partial charge in [0.15, 0.2) is 0 Å². The number of hydrogen-bond donors (Lipinski definition) is 1. The predicted octanol–water partition coefficient (Wildman–Crippen LogP) is 1.67. The molecule has 0 amide bonds. The Bertz CT molecular complexity index is 440. The van der Waals surface area contributed by atoms with Gasteiger partial charge in [0.05, 0.1) is 19.3 Å². The van der Waals surface area contributed by atoms with Crippen LogP contribution >= 0.6 is 0 Å². The van der Waals surface area contributed by atoms with Crippen LogP contribution in [0.2, 0.25) is 0 Å². The molecule has 2 fully saturated rings. The second kappa shape index (κ2) is 9.23. The minimum atomic E-state index is 0.401. The van der Waals surface area contributed by atoms with Crippen LogP contribution in [0, 0.1) is 0 Å². The van der Waals surface area contributed by atoms with E-state index < -0.39 is 0 Å². The largest absolute Gasteiger partial charge is 0.492 e. The van der Waals surface area contributed by atoms with Crippen LogP contribution in [0.25, 0.3) is 0 Å². The Balaban J connectivity index is 1.31. The summed E-state index contributed by atoms with van der Waals surface area (Å²) in [6.07, 6.45) is 2.78. The lowest BCUT2D eigenvalue weighted by molar-refractivity contribution is 0.0322. The highest BCUT2D eigenvalue weighted by Crippen LogP contribution is 2.13. The highest BCUT2D eigenvalue weighted by atomic mass is 16.5. The topological polar surface area (TPSA) is 43.0 Å². The number of ether oxygens (including phenoxy) is 3. The van der Waals surface area contributed by atoms with E-state index in [1.54, 1.807) is 0 Å². The Hall–Kier alpha value is -1.14. The molecule has 0 aliphatic carbocycles. The summed E-state index contributed by atoms with van der Waals surface area (Å²) >= 11 is 0. The molecule has 2 aliphatic rings. The average molecular weight is 320 g/mol. The molecule has 128 valence electrons. The lowest BCUT2D eigenvalue weighted by Gasteiger charge is -2.26. The zero-order valence-electron chi connectivity index (χ0n) is 13.8. The van der Waals surface area contributed by atoms with Crippen LogP contribution in [0.1, 0.15) is 18.4 Å². The molecule has 2 saturated heterocycles. The van der Waals surface area contributed by atoms with Gasteiger partial charge in [0, 0.05) is 39.3 Å². The first-order valence-electron chi connectivity index (χ1n) is 8.74. The van der Waals surface area contributed by atoms with Crippen LogP contribution in [-0.2, 0) is 16.0 Å². The second-order valence-corrected chi connectivity index (χ2v) is 6.21. The number of morpholine rings is 1. The molecule has 3 rings (SSSR count). The van der Waals surface area contributed by atoms with E-state index in [2.05, 4.69) is 34.5 Å². The first kappa shape index (κ1) is 16.7. The van der Waals surface area contributed by atoms with Crippen LogP contribution in [-0.4, -0.2) is 63.6 Å². The highest BCUT2D eigenvalue weighted by Gasteiger charge is 2.14. The standard InChI is InChI=1S/C18H28N2O3/c1-2-18(22-10-1)15-19-14-16-3-5-17(6-4-16)23-13-9-20-7-11-21-12-8-20/h3-6,18-19H,1-2,7-15H2/t18-/m1/s1. The Morgan fingerprint density at radius 2 is 1.96 bits per heavy atom. The van der Waals surface area contributed by atoms with Crippen molar-refractivity contribution in [1.82, 2.24) is 10.2 Å². The van der Waals surface area contributed by atoms with Gasteiger partial charge >= 0.3 is 0 Å². The predicted molar refractivity (Wildman–Crippen MR) is 89.9 cm³/mol. The number of benzene rings is 1. The normalized spacial score (nSPS) is 22.3. The van der Waals surface area contributed by atoms with Crippen molar-refractivity contribution in [3.63, 3.8) is 0 Å². The first-order valence-corrected chi connectivity index (χ1v) is 8.74. The molecule has 2 aliphatic heterocycles. The van der Waals surface area contributed by atoms with Crippen molar-refractivity contribution in [3.8, 4) is 5.75 Å². The van der Waals surface area contributed by atoms with Crippen LogP contribution in [0.4, 0.5) is 0 Å². The van der Waals surface area contributed by atoms with Crippen molar-refractivity contribution in [2.75, 3.05) is 52.6 Å². The molecule has 2 heterocycles. The summed E-state index contributed by atoms with van der Waals surface area (Å²) in [7, 11) is 0. The monoisotopic (exact) mass is 320 g/mol. The van der Waals surface area contributed by atoms with Gasteiger partial charge < -0.3 is 19.5 Å². The molecule has 1 aromatic rings. The van der Waals surface area contributed by atoms with Gasteiger partial charge in [0.1, 0.15) is 12.4 Å². The van der Waals surface area contributed by atoms with Gasteiger partial charge in [-0.2, -0.15) is 0 Å². The maximum atomic E-state index is 5.83. The van der Waals surface area contributed by atoms with E-state index >= 15 is 0 Å². The molecule has 0 unspecified atom stereocenters. The fourth-order valence-corrected chi connectivity index (χ4v) is 3.00. The minimum Gasteiger partial charge on any atom is -0.492 e. The van der Waals surface area contributed by atoms with Crippen LogP contribution < -0.4 is 10.1 Å². The quantitative estimate of drug-likeness (QED) is 0.789. The zero-order chi connectivity index (χ0) is 15.7. The number of hydrogen-bond acceptors (Lipinski definition) is 5. The lowest BCUT2D eigenvalue weighted by atomic mass is 10.2. The van der Waals surface area contributed by atoms with Crippen LogP contribution in [0.3, 0.4) is 0 Å². The Morgan fingerprint density at radius 3 is 2.70 bits per heavy atom. The van der Waals surface area contributed by atoms with Crippen molar-refractivity contribution < 1.29 is 14.2 Å². The van der Waals surface area contributed by atoms with Gasteiger partial charge in [-0.3, -0.25) is 4.90 Å². The van der Waals surface area contributed by atoms with Gasteiger partial charge in [0.25, 0.3) is 0 Å². The van der Waals surface area contributed by atoms with E-state index in [1.807, 2.05) is 0 Å². The van der Waals surface area contributed by atoms with Crippen molar-refractivity contribution in [2.24, 2.45) is 0 Å². The Morgan fingerprint density at radius 1 is 1.13 bits per heavy atom. The summed E-state index contributed by atoms with van der Waals surface area (Å²) in [6, 6.07) is 8.38. The second-order valence-electron chi connectivity index (χ2n) is 6.21. The molecule has 5 nitrogen and oxygen atoms in total. The number of nitrogens with one attached hydrogen (secondary N) is 1. The minimum absolute atomic E-state index is 0.401. The van der Waals surface area contributed by atoms with Crippen molar-refractivity contribution >= 4 is 0 Å². The Kier molecular flexibility index (Phi) is 6.70.